The molecular weight excluding hydrogens is 383 g/mol. The molecule has 1 aliphatic heterocycles. The highest BCUT2D eigenvalue weighted by molar-refractivity contribution is 5.44. The van der Waals surface area contributed by atoms with Crippen molar-refractivity contribution in [1.82, 2.24) is 19.4 Å². The second kappa shape index (κ2) is 7.78. The van der Waals surface area contributed by atoms with Gasteiger partial charge in [0.25, 0.3) is 0 Å². The van der Waals surface area contributed by atoms with Gasteiger partial charge in [-0.15, -0.1) is 0 Å². The average Bonchev–Trinajstić information content (AvgIpc) is 3.52. The Labute approximate surface area is 167 Å². The lowest BCUT2D eigenvalue weighted by Crippen LogP contribution is -2.46. The molecule has 156 valence electrons. The Hall–Kier alpha value is -2.42. The second-order valence-electron chi connectivity index (χ2n) is 7.82. The van der Waals surface area contributed by atoms with E-state index in [1.54, 1.807) is 23.7 Å². The minimum absolute atomic E-state index is 0.0264. The van der Waals surface area contributed by atoms with Crippen LogP contribution in [0.1, 0.15) is 37.1 Å². The molecule has 0 atom stereocenters. The van der Waals surface area contributed by atoms with Gasteiger partial charge in [-0.25, -0.2) is 9.97 Å². The number of alkyl halides is 3. The van der Waals surface area contributed by atoms with Crippen LogP contribution in [0, 0.1) is 0 Å². The summed E-state index contributed by atoms with van der Waals surface area (Å²) in [5.74, 6) is 0.374. The van der Waals surface area contributed by atoms with Crippen LogP contribution in [0.2, 0.25) is 0 Å². The van der Waals surface area contributed by atoms with Crippen molar-refractivity contribution < 1.29 is 13.2 Å². The molecule has 2 aromatic rings. The highest BCUT2D eigenvalue weighted by Gasteiger charge is 2.38. The fraction of sp³-hybridized carbons (Fsp3) is 0.550. The summed E-state index contributed by atoms with van der Waals surface area (Å²) in [6.07, 6.45) is 0.209. The van der Waals surface area contributed by atoms with Gasteiger partial charge < -0.3 is 9.47 Å². The molecule has 2 aromatic heterocycles. The van der Waals surface area contributed by atoms with E-state index in [2.05, 4.69) is 19.8 Å². The van der Waals surface area contributed by atoms with Gasteiger partial charge in [0.15, 0.2) is 0 Å². The highest BCUT2D eigenvalue weighted by Crippen LogP contribution is 2.37. The predicted octanol–water partition coefficient (Wildman–Crippen LogP) is 2.83. The number of hydrogen-bond donors (Lipinski definition) is 0. The lowest BCUT2D eigenvalue weighted by atomic mass is 10.0. The molecule has 0 N–H and O–H groups in total. The normalized spacial score (nSPS) is 18.8. The maximum Gasteiger partial charge on any atom is 0.433 e. The average molecular weight is 407 g/mol. The summed E-state index contributed by atoms with van der Waals surface area (Å²) >= 11 is 0. The largest absolute Gasteiger partial charge is 0.433 e. The van der Waals surface area contributed by atoms with Crippen molar-refractivity contribution in [2.45, 2.75) is 50.5 Å². The van der Waals surface area contributed by atoms with Gasteiger partial charge in [0.05, 0.1) is 0 Å². The van der Waals surface area contributed by atoms with Crippen LogP contribution in [0.3, 0.4) is 0 Å². The van der Waals surface area contributed by atoms with Crippen molar-refractivity contribution in [2.75, 3.05) is 18.0 Å². The number of pyridine rings is 1. The van der Waals surface area contributed by atoms with E-state index < -0.39 is 11.9 Å². The van der Waals surface area contributed by atoms with Gasteiger partial charge >= 0.3 is 6.18 Å². The third-order valence-corrected chi connectivity index (χ3v) is 5.77. The Morgan fingerprint density at radius 1 is 1.10 bits per heavy atom. The molecule has 1 saturated heterocycles. The lowest BCUT2D eigenvalue weighted by Gasteiger charge is -2.39. The first-order valence-corrected chi connectivity index (χ1v) is 9.88. The first kappa shape index (κ1) is 19.9. The van der Waals surface area contributed by atoms with Gasteiger partial charge in [-0.2, -0.15) is 13.2 Å². The van der Waals surface area contributed by atoms with E-state index in [0.717, 1.165) is 56.9 Å². The summed E-state index contributed by atoms with van der Waals surface area (Å²) < 4.78 is 40.9. The standard InChI is InChI=1S/C20H24F3N5O/c1-26-16(3-2-4-19(26)29)12-27-9-7-15(8-10-27)28(14-5-6-14)18-11-17(20(21,22)23)24-13-25-18/h2-4,11,13-15H,5-10,12H2,1H3. The molecule has 0 amide bonds. The third kappa shape index (κ3) is 4.44. The zero-order chi connectivity index (χ0) is 20.6. The van der Waals surface area contributed by atoms with E-state index in [1.807, 2.05) is 6.07 Å². The highest BCUT2D eigenvalue weighted by atomic mass is 19.4. The van der Waals surface area contributed by atoms with E-state index in [9.17, 15) is 18.0 Å². The smallest absolute Gasteiger partial charge is 0.350 e. The van der Waals surface area contributed by atoms with Crippen LogP contribution in [-0.4, -0.2) is 44.6 Å². The zero-order valence-corrected chi connectivity index (χ0v) is 16.3. The molecule has 0 bridgehead atoms. The van der Waals surface area contributed by atoms with Crippen molar-refractivity contribution in [3.8, 4) is 0 Å². The Bertz CT molecular complexity index is 917. The van der Waals surface area contributed by atoms with E-state index in [-0.39, 0.29) is 17.6 Å². The Morgan fingerprint density at radius 3 is 2.45 bits per heavy atom. The molecule has 2 aliphatic rings. The minimum atomic E-state index is -4.47. The molecule has 9 heteroatoms. The zero-order valence-electron chi connectivity index (χ0n) is 16.3. The van der Waals surface area contributed by atoms with Crippen LogP contribution in [0.4, 0.5) is 19.0 Å². The molecular formula is C20H24F3N5O. The van der Waals surface area contributed by atoms with E-state index in [1.165, 1.54) is 0 Å². The van der Waals surface area contributed by atoms with E-state index in [0.29, 0.717) is 12.4 Å². The van der Waals surface area contributed by atoms with Crippen LogP contribution >= 0.6 is 0 Å². The van der Waals surface area contributed by atoms with Gasteiger partial charge in [0.2, 0.25) is 5.56 Å². The number of nitrogens with zero attached hydrogens (tertiary/aromatic N) is 5. The van der Waals surface area contributed by atoms with Crippen molar-refractivity contribution in [3.05, 3.63) is 52.3 Å². The summed E-state index contributed by atoms with van der Waals surface area (Å²) in [5, 5.41) is 0. The number of anilines is 1. The van der Waals surface area contributed by atoms with Crippen LogP contribution in [0.15, 0.2) is 35.4 Å². The summed E-state index contributed by atoms with van der Waals surface area (Å²) in [4.78, 5) is 23.7. The maximum absolute atomic E-state index is 13.1. The van der Waals surface area contributed by atoms with Crippen LogP contribution < -0.4 is 10.5 Å². The van der Waals surface area contributed by atoms with Gasteiger partial charge in [0.1, 0.15) is 17.8 Å². The molecule has 0 aromatic carbocycles. The van der Waals surface area contributed by atoms with Gasteiger partial charge in [0, 0.05) is 56.6 Å². The molecule has 1 saturated carbocycles. The number of piperidine rings is 1. The van der Waals surface area contributed by atoms with E-state index >= 15 is 0 Å². The molecule has 29 heavy (non-hydrogen) atoms. The summed E-state index contributed by atoms with van der Waals surface area (Å²) in [6.45, 7) is 2.34. The van der Waals surface area contributed by atoms with Crippen molar-refractivity contribution in [3.63, 3.8) is 0 Å². The molecule has 4 rings (SSSR count). The van der Waals surface area contributed by atoms with Gasteiger partial charge in [-0.3, -0.25) is 9.69 Å². The van der Waals surface area contributed by atoms with Crippen LogP contribution in [-0.2, 0) is 19.8 Å². The molecule has 0 spiro atoms. The second-order valence-corrected chi connectivity index (χ2v) is 7.82. The Kier molecular flexibility index (Phi) is 5.33. The molecule has 1 aliphatic carbocycles. The Morgan fingerprint density at radius 2 is 1.79 bits per heavy atom. The monoisotopic (exact) mass is 407 g/mol. The summed E-state index contributed by atoms with van der Waals surface area (Å²) in [5.41, 5.74) is 0.0396. The molecule has 3 heterocycles. The van der Waals surface area contributed by atoms with Gasteiger partial charge in [-0.1, -0.05) is 6.07 Å². The molecule has 0 unspecified atom stereocenters. The first-order valence-electron chi connectivity index (χ1n) is 9.88. The first-order chi connectivity index (χ1) is 13.8. The SMILES string of the molecule is Cn1c(CN2CCC(N(c3cc(C(F)(F)F)ncn3)C3CC3)CC2)cccc1=O. The summed E-state index contributed by atoms with van der Waals surface area (Å²) in [7, 11) is 1.77. The molecule has 0 radical (unpaired) electrons. The van der Waals surface area contributed by atoms with E-state index in [4.69, 9.17) is 0 Å². The van der Waals surface area contributed by atoms with Crippen LogP contribution in [0.5, 0.6) is 0 Å². The fourth-order valence-electron chi connectivity index (χ4n) is 4.02. The molecule has 2 fully saturated rings. The van der Waals surface area contributed by atoms with Crippen molar-refractivity contribution >= 4 is 5.82 Å². The summed E-state index contributed by atoms with van der Waals surface area (Å²) in [6, 6.07) is 6.76. The van der Waals surface area contributed by atoms with Gasteiger partial charge in [-0.05, 0) is 31.7 Å². The predicted molar refractivity (Wildman–Crippen MR) is 103 cm³/mol. The molecule has 6 nitrogen and oxygen atoms in total. The third-order valence-electron chi connectivity index (χ3n) is 5.77. The van der Waals surface area contributed by atoms with Crippen molar-refractivity contribution in [2.24, 2.45) is 7.05 Å². The fourth-order valence-corrected chi connectivity index (χ4v) is 4.02. The minimum Gasteiger partial charge on any atom is -0.350 e. The van der Waals surface area contributed by atoms with Crippen LogP contribution in [0.25, 0.3) is 0 Å². The Balaban J connectivity index is 1.45. The van der Waals surface area contributed by atoms with Crippen molar-refractivity contribution in [1.29, 1.82) is 0 Å². The maximum atomic E-state index is 13.1. The quantitative estimate of drug-likeness (QED) is 0.763. The number of aromatic nitrogens is 3. The number of rotatable bonds is 5. The number of halogens is 3. The topological polar surface area (TPSA) is 54.3 Å². The lowest BCUT2D eigenvalue weighted by molar-refractivity contribution is -0.141. The number of likely N-dealkylation sites (tertiary alicyclic amines) is 1. The number of hydrogen-bond acceptors (Lipinski definition) is 5.